The van der Waals surface area contributed by atoms with Gasteiger partial charge < -0.3 is 0 Å². The van der Waals surface area contributed by atoms with Crippen LogP contribution in [-0.2, 0) is 0 Å². The number of nitrogens with zero attached hydrogens (tertiary/aromatic N) is 3. The van der Waals surface area contributed by atoms with Crippen molar-refractivity contribution in [1.82, 2.24) is 15.0 Å². The second-order valence-electron chi connectivity index (χ2n) is 8.50. The zero-order chi connectivity index (χ0) is 22.5. The molecule has 3 nitrogen and oxygen atoms in total. The molecule has 0 atom stereocenters. The molecule has 5 aromatic carbocycles. The number of rotatable bonds is 2. The Morgan fingerprint density at radius 1 is 0.412 bits per heavy atom. The number of pyridine rings is 1. The van der Waals surface area contributed by atoms with E-state index in [9.17, 15) is 0 Å². The zero-order valence-corrected chi connectivity index (χ0v) is 18.3. The van der Waals surface area contributed by atoms with Gasteiger partial charge >= 0.3 is 0 Å². The van der Waals surface area contributed by atoms with Crippen LogP contribution in [0, 0.1) is 0 Å². The van der Waals surface area contributed by atoms with Crippen LogP contribution in [0.25, 0.3) is 66.1 Å². The summed E-state index contributed by atoms with van der Waals surface area (Å²) in [6.07, 6.45) is 0. The lowest BCUT2D eigenvalue weighted by atomic mass is 9.97. The topological polar surface area (TPSA) is 38.7 Å². The maximum atomic E-state index is 5.21. The Hall–Kier alpha value is -4.63. The maximum Gasteiger partial charge on any atom is 0.160 e. The standard InChI is InChI=1S/C31H19N3/c1-2-10-21-19-22(18-17-20(21)9-1)31-33-28-16-8-5-13-25(28)30(34-31)29-23-11-3-6-14-26(23)32-27-15-7-4-12-24(27)29/h1-19H. The summed E-state index contributed by atoms with van der Waals surface area (Å²) in [7, 11) is 0. The highest BCUT2D eigenvalue weighted by atomic mass is 14.9. The fraction of sp³-hybridized carbons (Fsp3) is 0. The molecular weight excluding hydrogens is 414 g/mol. The highest BCUT2D eigenvalue weighted by Crippen LogP contribution is 2.38. The van der Waals surface area contributed by atoms with Gasteiger partial charge in [-0.1, -0.05) is 91.0 Å². The minimum absolute atomic E-state index is 0.726. The summed E-state index contributed by atoms with van der Waals surface area (Å²) in [6.45, 7) is 0. The quantitative estimate of drug-likeness (QED) is 0.261. The van der Waals surface area contributed by atoms with Gasteiger partial charge in [0.15, 0.2) is 5.82 Å². The second-order valence-corrected chi connectivity index (χ2v) is 8.50. The van der Waals surface area contributed by atoms with Crippen molar-refractivity contribution >= 4 is 43.5 Å². The molecule has 0 aliphatic rings. The van der Waals surface area contributed by atoms with Crippen molar-refractivity contribution in [3.63, 3.8) is 0 Å². The molecule has 7 aromatic rings. The van der Waals surface area contributed by atoms with Gasteiger partial charge in [0.2, 0.25) is 0 Å². The Morgan fingerprint density at radius 3 is 1.68 bits per heavy atom. The smallest absolute Gasteiger partial charge is 0.160 e. The molecule has 2 heterocycles. The average molecular weight is 434 g/mol. The Balaban J connectivity index is 1.60. The van der Waals surface area contributed by atoms with Crippen LogP contribution in [0.15, 0.2) is 115 Å². The lowest BCUT2D eigenvalue weighted by Crippen LogP contribution is -1.97. The Kier molecular flexibility index (Phi) is 4.15. The Morgan fingerprint density at radius 2 is 0.971 bits per heavy atom. The monoisotopic (exact) mass is 433 g/mol. The van der Waals surface area contributed by atoms with Crippen LogP contribution in [0.5, 0.6) is 0 Å². The number of hydrogen-bond acceptors (Lipinski definition) is 3. The van der Waals surface area contributed by atoms with E-state index in [1.165, 1.54) is 10.8 Å². The second kappa shape index (κ2) is 7.46. The number of para-hydroxylation sites is 3. The molecule has 3 heteroatoms. The van der Waals surface area contributed by atoms with Crippen molar-refractivity contribution in [3.8, 4) is 22.6 Å². The molecular formula is C31H19N3. The van der Waals surface area contributed by atoms with Crippen LogP contribution in [-0.4, -0.2) is 15.0 Å². The number of aromatic nitrogens is 3. The van der Waals surface area contributed by atoms with Gasteiger partial charge in [-0.15, -0.1) is 0 Å². The first-order valence-electron chi connectivity index (χ1n) is 11.4. The molecule has 0 radical (unpaired) electrons. The summed E-state index contributed by atoms with van der Waals surface area (Å²) >= 11 is 0. The van der Waals surface area contributed by atoms with E-state index in [1.54, 1.807) is 0 Å². The van der Waals surface area contributed by atoms with E-state index in [2.05, 4.69) is 97.1 Å². The predicted octanol–water partition coefficient (Wildman–Crippen LogP) is 7.82. The van der Waals surface area contributed by atoms with Gasteiger partial charge in [-0.3, -0.25) is 0 Å². The SMILES string of the molecule is c1ccc2cc(-c3nc(-c4c5ccccc5nc5ccccc45)c4ccccc4n3)ccc2c1. The normalized spacial score (nSPS) is 11.5. The summed E-state index contributed by atoms with van der Waals surface area (Å²) < 4.78 is 0. The molecule has 0 aliphatic carbocycles. The summed E-state index contributed by atoms with van der Waals surface area (Å²) in [4.78, 5) is 15.1. The van der Waals surface area contributed by atoms with Crippen LogP contribution in [0.2, 0.25) is 0 Å². The van der Waals surface area contributed by atoms with Gasteiger partial charge in [0.1, 0.15) is 0 Å². The van der Waals surface area contributed by atoms with Gasteiger partial charge in [-0.2, -0.15) is 0 Å². The highest BCUT2D eigenvalue weighted by molar-refractivity contribution is 6.13. The largest absolute Gasteiger partial charge is 0.248 e. The highest BCUT2D eigenvalue weighted by Gasteiger charge is 2.17. The molecule has 158 valence electrons. The third-order valence-electron chi connectivity index (χ3n) is 6.44. The van der Waals surface area contributed by atoms with Crippen LogP contribution >= 0.6 is 0 Å². The molecule has 0 saturated carbocycles. The van der Waals surface area contributed by atoms with E-state index < -0.39 is 0 Å². The molecule has 0 N–H and O–H groups in total. The van der Waals surface area contributed by atoms with Gasteiger partial charge in [0.05, 0.1) is 22.2 Å². The van der Waals surface area contributed by atoms with Gasteiger partial charge in [0.25, 0.3) is 0 Å². The first kappa shape index (κ1) is 18.9. The van der Waals surface area contributed by atoms with E-state index in [1.807, 2.05) is 18.2 Å². The van der Waals surface area contributed by atoms with Crippen molar-refractivity contribution in [2.24, 2.45) is 0 Å². The van der Waals surface area contributed by atoms with Crippen molar-refractivity contribution in [1.29, 1.82) is 0 Å². The van der Waals surface area contributed by atoms with Crippen molar-refractivity contribution < 1.29 is 0 Å². The lowest BCUT2D eigenvalue weighted by molar-refractivity contribution is 1.23. The molecule has 0 unspecified atom stereocenters. The van der Waals surface area contributed by atoms with Crippen LogP contribution in [0.4, 0.5) is 0 Å². The summed E-state index contributed by atoms with van der Waals surface area (Å²) in [5.41, 5.74) is 5.90. The average Bonchev–Trinajstić information content (AvgIpc) is 2.91. The minimum Gasteiger partial charge on any atom is -0.248 e. The van der Waals surface area contributed by atoms with Gasteiger partial charge in [0, 0.05) is 27.3 Å². The van der Waals surface area contributed by atoms with E-state index in [0.717, 1.165) is 55.4 Å². The Bertz CT molecular complexity index is 1820. The third kappa shape index (κ3) is 2.95. The van der Waals surface area contributed by atoms with Crippen LogP contribution in [0.3, 0.4) is 0 Å². The van der Waals surface area contributed by atoms with Crippen molar-refractivity contribution in [3.05, 3.63) is 115 Å². The van der Waals surface area contributed by atoms with Gasteiger partial charge in [-0.25, -0.2) is 15.0 Å². The van der Waals surface area contributed by atoms with E-state index >= 15 is 0 Å². The lowest BCUT2D eigenvalue weighted by Gasteiger charge is -2.14. The molecule has 34 heavy (non-hydrogen) atoms. The number of benzene rings is 5. The summed E-state index contributed by atoms with van der Waals surface area (Å²) in [5.74, 6) is 0.726. The molecule has 0 saturated heterocycles. The van der Waals surface area contributed by atoms with E-state index in [0.29, 0.717) is 0 Å². The van der Waals surface area contributed by atoms with Crippen LogP contribution < -0.4 is 0 Å². The molecule has 0 fully saturated rings. The number of fused-ring (bicyclic) bond motifs is 4. The van der Waals surface area contributed by atoms with Crippen LogP contribution in [0.1, 0.15) is 0 Å². The fourth-order valence-corrected chi connectivity index (χ4v) is 4.82. The molecule has 0 spiro atoms. The number of hydrogen-bond donors (Lipinski definition) is 0. The molecule has 0 amide bonds. The van der Waals surface area contributed by atoms with E-state index in [4.69, 9.17) is 15.0 Å². The summed E-state index contributed by atoms with van der Waals surface area (Å²) in [6, 6.07) is 39.7. The van der Waals surface area contributed by atoms with E-state index in [-0.39, 0.29) is 0 Å². The molecule has 0 aliphatic heterocycles. The van der Waals surface area contributed by atoms with Crippen molar-refractivity contribution in [2.45, 2.75) is 0 Å². The first-order valence-corrected chi connectivity index (χ1v) is 11.4. The maximum absolute atomic E-state index is 5.21. The Labute approximate surface area is 196 Å². The van der Waals surface area contributed by atoms with Crippen molar-refractivity contribution in [2.75, 3.05) is 0 Å². The molecule has 2 aromatic heterocycles. The third-order valence-corrected chi connectivity index (χ3v) is 6.44. The summed E-state index contributed by atoms with van der Waals surface area (Å²) in [5, 5.41) is 5.61. The molecule has 7 rings (SSSR count). The first-order chi connectivity index (χ1) is 16.8. The fourth-order valence-electron chi connectivity index (χ4n) is 4.82. The molecule has 0 bridgehead atoms. The zero-order valence-electron chi connectivity index (χ0n) is 18.3. The van der Waals surface area contributed by atoms with Gasteiger partial charge in [-0.05, 0) is 35.0 Å². The minimum atomic E-state index is 0.726. The predicted molar refractivity (Wildman–Crippen MR) is 141 cm³/mol.